The van der Waals surface area contributed by atoms with E-state index < -0.39 is 6.10 Å². The lowest BCUT2D eigenvalue weighted by Gasteiger charge is -2.17. The van der Waals surface area contributed by atoms with E-state index in [-0.39, 0.29) is 18.4 Å². The zero-order valence-electron chi connectivity index (χ0n) is 11.3. The van der Waals surface area contributed by atoms with Crippen LogP contribution in [0, 0.1) is 0 Å². The maximum Gasteiger partial charge on any atom is 0.308 e. The third-order valence-electron chi connectivity index (χ3n) is 3.44. The Morgan fingerprint density at radius 1 is 1.53 bits per heavy atom. The van der Waals surface area contributed by atoms with Crippen LogP contribution in [-0.2, 0) is 16.0 Å². The van der Waals surface area contributed by atoms with E-state index in [0.717, 1.165) is 12.8 Å². The monoisotopic (exact) mass is 263 g/mol. The van der Waals surface area contributed by atoms with Gasteiger partial charge in [-0.2, -0.15) is 0 Å². The summed E-state index contributed by atoms with van der Waals surface area (Å²) in [5, 5.41) is 13.1. The summed E-state index contributed by atoms with van der Waals surface area (Å²) >= 11 is 0. The van der Waals surface area contributed by atoms with Gasteiger partial charge in [0.25, 0.3) is 0 Å². The van der Waals surface area contributed by atoms with Crippen LogP contribution >= 0.6 is 0 Å². The highest BCUT2D eigenvalue weighted by molar-refractivity contribution is 5.69. The molecular formula is C15H21NO3. The molecule has 1 aliphatic rings. The lowest BCUT2D eigenvalue weighted by molar-refractivity contribution is -0.145. The van der Waals surface area contributed by atoms with E-state index in [2.05, 4.69) is 23.5 Å². The average Bonchev–Trinajstić information content (AvgIpc) is 2.80. The minimum atomic E-state index is -0.688. The molecule has 104 valence electrons. The van der Waals surface area contributed by atoms with Gasteiger partial charge in [-0.3, -0.25) is 4.79 Å². The SMILES string of the molecule is CCOC(=O)CC(O)CNC1CCc2ccccc21. The number of carbonyl (C=O) groups excluding carboxylic acids is 1. The maximum absolute atomic E-state index is 11.2. The Kier molecular flexibility index (Phi) is 4.93. The highest BCUT2D eigenvalue weighted by Gasteiger charge is 2.22. The molecule has 1 aliphatic carbocycles. The second-order valence-corrected chi connectivity index (χ2v) is 4.86. The van der Waals surface area contributed by atoms with Gasteiger partial charge in [0, 0.05) is 12.6 Å². The number of benzene rings is 1. The van der Waals surface area contributed by atoms with Crippen LogP contribution in [0.1, 0.15) is 36.9 Å². The number of hydrogen-bond donors (Lipinski definition) is 2. The van der Waals surface area contributed by atoms with Gasteiger partial charge in [0.1, 0.15) is 0 Å². The number of carbonyl (C=O) groups is 1. The van der Waals surface area contributed by atoms with Crippen LogP contribution in [-0.4, -0.2) is 30.3 Å². The van der Waals surface area contributed by atoms with Crippen molar-refractivity contribution in [2.75, 3.05) is 13.2 Å². The van der Waals surface area contributed by atoms with Crippen LogP contribution in [0.25, 0.3) is 0 Å². The van der Waals surface area contributed by atoms with E-state index in [9.17, 15) is 9.90 Å². The fourth-order valence-corrected chi connectivity index (χ4v) is 2.53. The van der Waals surface area contributed by atoms with Crippen molar-refractivity contribution in [1.29, 1.82) is 0 Å². The molecule has 0 fully saturated rings. The number of aliphatic hydroxyl groups excluding tert-OH is 1. The largest absolute Gasteiger partial charge is 0.466 e. The smallest absolute Gasteiger partial charge is 0.308 e. The summed E-state index contributed by atoms with van der Waals surface area (Å²) in [5.74, 6) is -0.344. The molecule has 1 aromatic carbocycles. The summed E-state index contributed by atoms with van der Waals surface area (Å²) in [7, 11) is 0. The van der Waals surface area contributed by atoms with Crippen molar-refractivity contribution in [1.82, 2.24) is 5.32 Å². The third kappa shape index (κ3) is 3.78. The molecule has 2 unspecified atom stereocenters. The first kappa shape index (κ1) is 14.0. The Balaban J connectivity index is 1.79. The maximum atomic E-state index is 11.2. The number of aliphatic hydroxyl groups is 1. The Morgan fingerprint density at radius 3 is 3.11 bits per heavy atom. The van der Waals surface area contributed by atoms with Crippen molar-refractivity contribution in [3.8, 4) is 0 Å². The molecule has 1 aromatic rings. The van der Waals surface area contributed by atoms with Gasteiger partial charge in [0.2, 0.25) is 0 Å². The van der Waals surface area contributed by atoms with Crippen molar-refractivity contribution in [2.24, 2.45) is 0 Å². The first-order valence-corrected chi connectivity index (χ1v) is 6.85. The van der Waals surface area contributed by atoms with Gasteiger partial charge in [0.15, 0.2) is 0 Å². The number of nitrogens with one attached hydrogen (secondary N) is 1. The lowest BCUT2D eigenvalue weighted by atomic mass is 10.1. The topological polar surface area (TPSA) is 58.6 Å². The molecule has 0 saturated carbocycles. The normalized spacial score (nSPS) is 18.9. The van der Waals surface area contributed by atoms with Crippen molar-refractivity contribution >= 4 is 5.97 Å². The molecule has 19 heavy (non-hydrogen) atoms. The van der Waals surface area contributed by atoms with Gasteiger partial charge in [-0.1, -0.05) is 24.3 Å². The van der Waals surface area contributed by atoms with Crippen LogP contribution in [0.3, 0.4) is 0 Å². The van der Waals surface area contributed by atoms with Gasteiger partial charge in [-0.05, 0) is 30.9 Å². The lowest BCUT2D eigenvalue weighted by Crippen LogP contribution is -2.31. The standard InChI is InChI=1S/C15H21NO3/c1-2-19-15(18)9-12(17)10-16-14-8-7-11-5-3-4-6-13(11)14/h3-6,12,14,16-17H,2,7-10H2,1H3. The van der Waals surface area contributed by atoms with E-state index in [4.69, 9.17) is 4.74 Å². The number of ether oxygens (including phenoxy) is 1. The fourth-order valence-electron chi connectivity index (χ4n) is 2.53. The second-order valence-electron chi connectivity index (χ2n) is 4.86. The van der Waals surface area contributed by atoms with Crippen molar-refractivity contribution in [3.05, 3.63) is 35.4 Å². The molecule has 0 saturated heterocycles. The zero-order chi connectivity index (χ0) is 13.7. The zero-order valence-corrected chi connectivity index (χ0v) is 11.3. The summed E-state index contributed by atoms with van der Waals surface area (Å²) in [6.07, 6.45) is 1.48. The third-order valence-corrected chi connectivity index (χ3v) is 3.44. The molecule has 4 heteroatoms. The van der Waals surface area contributed by atoms with E-state index >= 15 is 0 Å². The Morgan fingerprint density at radius 2 is 2.32 bits per heavy atom. The van der Waals surface area contributed by atoms with Crippen molar-refractivity contribution in [3.63, 3.8) is 0 Å². The molecular weight excluding hydrogens is 242 g/mol. The molecule has 0 heterocycles. The average molecular weight is 263 g/mol. The van der Waals surface area contributed by atoms with E-state index in [1.807, 2.05) is 6.07 Å². The fraction of sp³-hybridized carbons (Fsp3) is 0.533. The predicted octanol–water partition coefficient (Wildman–Crippen LogP) is 1.58. The molecule has 0 amide bonds. The van der Waals surface area contributed by atoms with E-state index in [1.54, 1.807) is 6.92 Å². The molecule has 0 bridgehead atoms. The number of fused-ring (bicyclic) bond motifs is 1. The van der Waals surface area contributed by atoms with Gasteiger partial charge in [-0.15, -0.1) is 0 Å². The Labute approximate surface area is 113 Å². The molecule has 0 spiro atoms. The molecule has 0 aromatic heterocycles. The minimum Gasteiger partial charge on any atom is -0.466 e. The summed E-state index contributed by atoms with van der Waals surface area (Å²) in [5.41, 5.74) is 2.69. The number of hydrogen-bond acceptors (Lipinski definition) is 4. The predicted molar refractivity (Wildman–Crippen MR) is 72.8 cm³/mol. The molecule has 4 nitrogen and oxygen atoms in total. The Hall–Kier alpha value is -1.39. The summed E-state index contributed by atoms with van der Waals surface area (Å²) in [4.78, 5) is 11.2. The molecule has 2 N–H and O–H groups in total. The first-order valence-electron chi connectivity index (χ1n) is 6.85. The van der Waals surface area contributed by atoms with Crippen molar-refractivity contribution < 1.29 is 14.6 Å². The number of rotatable bonds is 6. The second kappa shape index (κ2) is 6.68. The van der Waals surface area contributed by atoms with Crippen molar-refractivity contribution in [2.45, 2.75) is 38.3 Å². The minimum absolute atomic E-state index is 0.0508. The van der Waals surface area contributed by atoms with Crippen LogP contribution in [0.4, 0.5) is 0 Å². The Bertz CT molecular complexity index is 433. The summed E-state index contributed by atoms with van der Waals surface area (Å²) in [6.45, 7) is 2.53. The quantitative estimate of drug-likeness (QED) is 0.765. The van der Waals surface area contributed by atoms with E-state index in [0.29, 0.717) is 13.2 Å². The number of aryl methyl sites for hydroxylation is 1. The van der Waals surface area contributed by atoms with E-state index in [1.165, 1.54) is 11.1 Å². The first-order chi connectivity index (χ1) is 9.20. The van der Waals surface area contributed by atoms with Gasteiger partial charge >= 0.3 is 5.97 Å². The van der Waals surface area contributed by atoms with Gasteiger partial charge in [-0.25, -0.2) is 0 Å². The van der Waals surface area contributed by atoms with Gasteiger partial charge < -0.3 is 15.2 Å². The highest BCUT2D eigenvalue weighted by Crippen LogP contribution is 2.30. The highest BCUT2D eigenvalue weighted by atomic mass is 16.5. The van der Waals surface area contributed by atoms with Crippen LogP contribution < -0.4 is 5.32 Å². The molecule has 2 rings (SSSR count). The van der Waals surface area contributed by atoms with Crippen LogP contribution in [0.15, 0.2) is 24.3 Å². The molecule has 2 atom stereocenters. The summed E-state index contributed by atoms with van der Waals surface area (Å²) in [6, 6.07) is 8.64. The van der Waals surface area contributed by atoms with Crippen LogP contribution in [0.5, 0.6) is 0 Å². The molecule has 0 aliphatic heterocycles. The number of esters is 1. The van der Waals surface area contributed by atoms with Crippen LogP contribution in [0.2, 0.25) is 0 Å². The van der Waals surface area contributed by atoms with Gasteiger partial charge in [0.05, 0.1) is 19.1 Å². The molecule has 0 radical (unpaired) electrons. The summed E-state index contributed by atoms with van der Waals surface area (Å²) < 4.78 is 4.81.